The number of rotatable bonds is 5. The van der Waals surface area contributed by atoms with Crippen molar-refractivity contribution in [2.24, 2.45) is 0 Å². The van der Waals surface area contributed by atoms with Gasteiger partial charge in [-0.15, -0.1) is 0 Å². The Labute approximate surface area is 160 Å². The maximum Gasteiger partial charge on any atom is 0.417 e. The second kappa shape index (κ2) is 7.32. The molecule has 1 fully saturated rings. The Morgan fingerprint density at radius 2 is 1.96 bits per heavy atom. The highest BCUT2D eigenvalue weighted by molar-refractivity contribution is 7.86. The summed E-state index contributed by atoms with van der Waals surface area (Å²) in [5.74, 6) is -0.356. The summed E-state index contributed by atoms with van der Waals surface area (Å²) in [6, 6.07) is 3.98. The van der Waals surface area contributed by atoms with E-state index < -0.39 is 38.5 Å². The van der Waals surface area contributed by atoms with Gasteiger partial charge in [-0.2, -0.15) is 26.9 Å². The summed E-state index contributed by atoms with van der Waals surface area (Å²) in [5, 5.41) is 26.3. The molecule has 2 rings (SSSR count). The van der Waals surface area contributed by atoms with Crippen LogP contribution in [0.2, 0.25) is 0 Å². The van der Waals surface area contributed by atoms with E-state index in [0.717, 1.165) is 17.0 Å². The molecule has 12 heteroatoms. The Bertz CT molecular complexity index is 925. The number of hydrogen-bond acceptors (Lipinski definition) is 6. The van der Waals surface area contributed by atoms with Gasteiger partial charge in [-0.25, -0.2) is 0 Å². The number of aliphatic hydroxyl groups excluding tert-OH is 1. The first-order chi connectivity index (χ1) is 12.8. The van der Waals surface area contributed by atoms with E-state index in [1.54, 1.807) is 0 Å². The average Bonchev–Trinajstić information content (AvgIpc) is 2.78. The lowest BCUT2D eigenvalue weighted by Gasteiger charge is -2.32. The van der Waals surface area contributed by atoms with Gasteiger partial charge < -0.3 is 5.11 Å². The fraction of sp³-hybridized carbons (Fsp3) is 0.500. The Morgan fingerprint density at radius 1 is 1.36 bits per heavy atom. The Kier molecular flexibility index (Phi) is 5.78. The normalized spacial score (nSPS) is 20.4. The monoisotopic (exact) mass is 420 g/mol. The van der Waals surface area contributed by atoms with Crippen LogP contribution in [-0.4, -0.2) is 53.0 Å². The predicted molar refractivity (Wildman–Crippen MR) is 94.2 cm³/mol. The van der Waals surface area contributed by atoms with E-state index >= 15 is 0 Å². The highest BCUT2D eigenvalue weighted by atomic mass is 32.2. The zero-order chi connectivity index (χ0) is 21.5. The van der Waals surface area contributed by atoms with Crippen molar-refractivity contribution in [3.05, 3.63) is 29.3 Å². The third-order valence-corrected chi connectivity index (χ3v) is 5.55. The fourth-order valence-corrected chi connectivity index (χ4v) is 4.34. The lowest BCUT2D eigenvalue weighted by molar-refractivity contribution is -0.137. The largest absolute Gasteiger partial charge is 0.417 e. The van der Waals surface area contributed by atoms with Crippen LogP contribution in [0.25, 0.3) is 0 Å². The van der Waals surface area contributed by atoms with Gasteiger partial charge in [-0.3, -0.25) is 19.8 Å². The minimum Gasteiger partial charge on any atom is -0.396 e. The van der Waals surface area contributed by atoms with Crippen LogP contribution < -0.4 is 4.90 Å². The second-order valence-electron chi connectivity index (χ2n) is 6.73. The molecule has 0 aromatic heterocycles. The molecule has 0 aliphatic carbocycles. The maximum absolute atomic E-state index is 13.3. The van der Waals surface area contributed by atoms with Crippen LogP contribution in [0, 0.1) is 16.7 Å². The first kappa shape index (κ1) is 22.1. The molecule has 28 heavy (non-hydrogen) atoms. The molecule has 8 nitrogen and oxygen atoms in total. The van der Waals surface area contributed by atoms with Gasteiger partial charge in [0, 0.05) is 18.8 Å². The predicted octanol–water partition coefficient (Wildman–Crippen LogP) is 2.01. The number of hydrogen-bond donors (Lipinski definition) is 3. The van der Waals surface area contributed by atoms with Crippen LogP contribution in [0.5, 0.6) is 0 Å². The average molecular weight is 420 g/mol. The molecule has 1 unspecified atom stereocenters. The molecule has 0 radical (unpaired) electrons. The first-order valence-corrected chi connectivity index (χ1v) is 9.60. The summed E-state index contributed by atoms with van der Waals surface area (Å²) >= 11 is 0. The van der Waals surface area contributed by atoms with Crippen molar-refractivity contribution in [2.45, 2.75) is 37.5 Å². The highest BCUT2D eigenvalue weighted by Crippen LogP contribution is 2.40. The smallest absolute Gasteiger partial charge is 0.396 e. The van der Waals surface area contributed by atoms with Gasteiger partial charge in [0.25, 0.3) is 0 Å². The zero-order valence-corrected chi connectivity index (χ0v) is 15.8. The lowest BCUT2D eigenvalue weighted by Crippen LogP contribution is -2.49. The van der Waals surface area contributed by atoms with Gasteiger partial charge in [0.05, 0.1) is 22.7 Å². The number of nitriles is 1. The van der Waals surface area contributed by atoms with Gasteiger partial charge in [0.15, 0.2) is 0 Å². The van der Waals surface area contributed by atoms with E-state index in [0.29, 0.717) is 6.07 Å². The Balaban J connectivity index is 2.69. The van der Waals surface area contributed by atoms with Crippen molar-refractivity contribution in [1.29, 1.82) is 10.7 Å². The standard InChI is InChI=1S/C16H19F3N4O4S/c1-15(2)13(21)23(14(28(25,26)27)22(15)6-3-7-24)11-5-4-10(9-20)12(8-11)16(17,18)19/h4-5,8,14,21,24H,3,6-7H2,1-2H3,(H,25,26,27). The fourth-order valence-electron chi connectivity index (χ4n) is 3.15. The molecule has 1 aromatic rings. The van der Waals surface area contributed by atoms with Crippen molar-refractivity contribution < 1.29 is 31.2 Å². The molecular formula is C16H19F3N4O4S. The minimum absolute atomic E-state index is 0.0325. The molecule has 1 saturated heterocycles. The molecule has 1 aliphatic rings. The van der Waals surface area contributed by atoms with E-state index in [1.807, 2.05) is 0 Å². The van der Waals surface area contributed by atoms with E-state index in [4.69, 9.17) is 15.8 Å². The number of aliphatic hydroxyl groups is 1. The minimum atomic E-state index is -4.87. The van der Waals surface area contributed by atoms with Gasteiger partial charge in [-0.1, -0.05) is 0 Å². The summed E-state index contributed by atoms with van der Waals surface area (Å²) in [7, 11) is -4.86. The number of anilines is 1. The number of amidine groups is 1. The number of nitrogens with one attached hydrogen (secondary N) is 1. The van der Waals surface area contributed by atoms with Crippen molar-refractivity contribution in [3.8, 4) is 6.07 Å². The molecule has 0 saturated carbocycles. The molecule has 154 valence electrons. The second-order valence-corrected chi connectivity index (χ2v) is 8.18. The molecule has 1 aliphatic heterocycles. The number of nitrogens with zero attached hydrogens (tertiary/aromatic N) is 3. The Morgan fingerprint density at radius 3 is 2.43 bits per heavy atom. The molecular weight excluding hydrogens is 401 g/mol. The third-order valence-electron chi connectivity index (χ3n) is 4.56. The summed E-state index contributed by atoms with van der Waals surface area (Å²) in [5.41, 5.74) is -5.35. The van der Waals surface area contributed by atoms with E-state index in [1.165, 1.54) is 24.8 Å². The van der Waals surface area contributed by atoms with Gasteiger partial charge in [0.1, 0.15) is 5.84 Å². The van der Waals surface area contributed by atoms with Crippen LogP contribution >= 0.6 is 0 Å². The van der Waals surface area contributed by atoms with Gasteiger partial charge >= 0.3 is 16.3 Å². The topological polar surface area (TPSA) is 129 Å². The van der Waals surface area contributed by atoms with E-state index in [9.17, 15) is 26.1 Å². The third kappa shape index (κ3) is 3.83. The van der Waals surface area contributed by atoms with Crippen molar-refractivity contribution >= 4 is 21.6 Å². The molecule has 1 aromatic carbocycles. The quantitative estimate of drug-likeness (QED) is 0.622. The zero-order valence-electron chi connectivity index (χ0n) is 15.0. The molecule has 0 bridgehead atoms. The maximum atomic E-state index is 13.3. The summed E-state index contributed by atoms with van der Waals surface area (Å²) in [4.78, 5) is 2.00. The summed E-state index contributed by atoms with van der Waals surface area (Å²) in [6.07, 6.45) is -4.75. The van der Waals surface area contributed by atoms with Crippen LogP contribution in [0.15, 0.2) is 18.2 Å². The highest BCUT2D eigenvalue weighted by Gasteiger charge is 2.54. The van der Waals surface area contributed by atoms with Crippen LogP contribution in [-0.2, 0) is 16.3 Å². The van der Waals surface area contributed by atoms with Crippen LogP contribution in [0.4, 0.5) is 18.9 Å². The number of halogens is 3. The first-order valence-electron chi connectivity index (χ1n) is 8.10. The van der Waals surface area contributed by atoms with Crippen molar-refractivity contribution in [3.63, 3.8) is 0 Å². The number of benzene rings is 1. The van der Waals surface area contributed by atoms with Gasteiger partial charge in [0.2, 0.25) is 5.50 Å². The molecule has 3 N–H and O–H groups in total. The molecule has 1 atom stereocenters. The van der Waals surface area contributed by atoms with Crippen LogP contribution in [0.1, 0.15) is 31.4 Å². The van der Waals surface area contributed by atoms with Gasteiger partial charge in [-0.05, 0) is 38.5 Å². The lowest BCUT2D eigenvalue weighted by atomic mass is 10.0. The number of alkyl halides is 3. The Hall–Kier alpha value is -2.20. The van der Waals surface area contributed by atoms with E-state index in [2.05, 4.69) is 0 Å². The summed E-state index contributed by atoms with van der Waals surface area (Å²) in [6.45, 7) is 2.65. The molecule has 0 spiro atoms. The molecule has 1 heterocycles. The van der Waals surface area contributed by atoms with Crippen molar-refractivity contribution in [1.82, 2.24) is 4.90 Å². The van der Waals surface area contributed by atoms with E-state index in [-0.39, 0.29) is 31.1 Å². The van der Waals surface area contributed by atoms with Crippen LogP contribution in [0.3, 0.4) is 0 Å². The summed E-state index contributed by atoms with van der Waals surface area (Å²) < 4.78 is 73.8. The SMILES string of the molecule is CC1(C)C(=N)N(c2ccc(C#N)c(C(F)(F)F)c2)C(S(=O)(=O)O)N1CCCO. The molecule has 0 amide bonds. The van der Waals surface area contributed by atoms with Crippen molar-refractivity contribution in [2.75, 3.05) is 18.1 Å².